The minimum absolute atomic E-state index is 0.00647. The molecule has 0 saturated carbocycles. The maximum absolute atomic E-state index is 11.7. The van der Waals surface area contributed by atoms with Gasteiger partial charge in [0, 0.05) is 72.9 Å². The number of unbranched alkanes of at least 4 members (excludes halogenated alkanes) is 6. The number of hydrogen-bond acceptors (Lipinski definition) is 21. The van der Waals surface area contributed by atoms with Gasteiger partial charge in [-0.25, -0.2) is 0 Å². The number of aliphatic hydroxyl groups is 9. The Kier molecular flexibility index (Phi) is 28.9. The zero-order valence-electron chi connectivity index (χ0n) is 40.4. The summed E-state index contributed by atoms with van der Waals surface area (Å²) in [6.45, 7) is 7.15. The van der Waals surface area contributed by atoms with Crippen LogP contribution in [0, 0.1) is 5.92 Å². The molecule has 10 unspecified atom stereocenters. The highest BCUT2D eigenvalue weighted by molar-refractivity contribution is 5.74. The van der Waals surface area contributed by atoms with E-state index in [-0.39, 0.29) is 31.8 Å². The van der Waals surface area contributed by atoms with Crippen molar-refractivity contribution in [2.45, 2.75) is 178 Å². The fraction of sp³-hybridized carbons (Fsp3) is 0.889. The summed E-state index contributed by atoms with van der Waals surface area (Å²) in [5.41, 5.74) is 0. The van der Waals surface area contributed by atoms with Gasteiger partial charge >= 0.3 is 0 Å². The van der Waals surface area contributed by atoms with Crippen molar-refractivity contribution < 1.29 is 103 Å². The maximum Gasteiger partial charge on any atom is 0.217 e. The molecule has 3 amide bonds. The molecule has 15 atom stereocenters. The molecule has 3 heterocycles. The monoisotopic (exact) mass is 1000 g/mol. The van der Waals surface area contributed by atoms with Crippen molar-refractivity contribution in [3.8, 4) is 0 Å². The van der Waals surface area contributed by atoms with Crippen molar-refractivity contribution in [2.24, 2.45) is 5.92 Å². The van der Waals surface area contributed by atoms with Gasteiger partial charge in [0.1, 0.15) is 60.9 Å². The molecule has 0 aliphatic carbocycles. The quantitative estimate of drug-likeness (QED) is 0.0324. The molecular weight excluding hydrogens is 918 g/mol. The molecule has 402 valence electrons. The lowest BCUT2D eigenvalue weighted by atomic mass is 9.97. The van der Waals surface area contributed by atoms with Crippen LogP contribution < -0.4 is 16.0 Å². The van der Waals surface area contributed by atoms with E-state index >= 15 is 0 Å². The Hall–Kier alpha value is -2.89. The SMILES string of the molecule is CC(=O)NC1C(O)=C(O)C(CO)O[C@H]1OCCCCCOC(CCOCCCCCO[C@@H]1OC(CO)[C@H](O)C(O)C1NC(C)=O)C(C)COCCCCCO[C@@H]1OC(CO)[C@H](O)C(O)C1NC(C)=O. The topological polar surface area (TPSA) is 352 Å². The maximum atomic E-state index is 11.7. The van der Waals surface area contributed by atoms with Crippen molar-refractivity contribution >= 4 is 17.7 Å². The first-order valence-electron chi connectivity index (χ1n) is 24.1. The Morgan fingerprint density at radius 3 is 1.45 bits per heavy atom. The number of aliphatic hydroxyl groups excluding tert-OH is 9. The van der Waals surface area contributed by atoms with Crippen LogP contribution in [0.15, 0.2) is 11.5 Å². The fourth-order valence-corrected chi connectivity index (χ4v) is 7.99. The second-order valence-corrected chi connectivity index (χ2v) is 17.6. The molecule has 24 heteroatoms. The van der Waals surface area contributed by atoms with E-state index in [9.17, 15) is 60.3 Å². The van der Waals surface area contributed by atoms with Crippen molar-refractivity contribution in [3.63, 3.8) is 0 Å². The van der Waals surface area contributed by atoms with Crippen LogP contribution in [0.5, 0.6) is 0 Å². The van der Waals surface area contributed by atoms with Gasteiger partial charge in [-0.05, 0) is 64.2 Å². The van der Waals surface area contributed by atoms with Gasteiger partial charge in [-0.15, -0.1) is 0 Å². The predicted molar refractivity (Wildman–Crippen MR) is 241 cm³/mol. The first-order chi connectivity index (χ1) is 33.0. The van der Waals surface area contributed by atoms with Gasteiger partial charge in [0.2, 0.25) is 17.7 Å². The van der Waals surface area contributed by atoms with Crippen LogP contribution in [0.2, 0.25) is 0 Å². The van der Waals surface area contributed by atoms with Crippen molar-refractivity contribution in [1.29, 1.82) is 0 Å². The van der Waals surface area contributed by atoms with Crippen molar-refractivity contribution in [3.05, 3.63) is 11.5 Å². The normalized spacial score (nSPS) is 30.4. The van der Waals surface area contributed by atoms with Crippen LogP contribution in [-0.2, 0) is 57.0 Å². The lowest BCUT2D eigenvalue weighted by molar-refractivity contribution is -0.270. The van der Waals surface area contributed by atoms with Crippen LogP contribution >= 0.6 is 0 Å². The fourth-order valence-electron chi connectivity index (χ4n) is 7.99. The van der Waals surface area contributed by atoms with Gasteiger partial charge < -0.3 is 105 Å². The molecule has 0 aromatic carbocycles. The predicted octanol–water partition coefficient (Wildman–Crippen LogP) is -1.57. The molecule has 3 rings (SSSR count). The molecule has 0 radical (unpaired) electrons. The van der Waals surface area contributed by atoms with Crippen LogP contribution in [0.25, 0.3) is 0 Å². The third-order valence-electron chi connectivity index (χ3n) is 11.9. The minimum atomic E-state index is -1.39. The third-order valence-corrected chi connectivity index (χ3v) is 11.9. The van der Waals surface area contributed by atoms with E-state index in [1.807, 2.05) is 6.92 Å². The zero-order chi connectivity index (χ0) is 50.9. The molecule has 0 bridgehead atoms. The van der Waals surface area contributed by atoms with Crippen molar-refractivity contribution in [1.82, 2.24) is 16.0 Å². The largest absolute Gasteiger partial charge is 0.506 e. The second kappa shape index (κ2) is 33.0. The molecule has 0 aromatic heterocycles. The van der Waals surface area contributed by atoms with Crippen LogP contribution in [0.1, 0.15) is 91.9 Å². The Morgan fingerprint density at radius 1 is 0.536 bits per heavy atom. The first-order valence-corrected chi connectivity index (χ1v) is 24.1. The molecule has 2 fully saturated rings. The zero-order valence-corrected chi connectivity index (χ0v) is 40.4. The smallest absolute Gasteiger partial charge is 0.217 e. The van der Waals surface area contributed by atoms with E-state index < -0.39 is 129 Å². The Labute approximate surface area is 403 Å². The molecule has 2 saturated heterocycles. The number of nitrogens with one attached hydrogen (secondary N) is 3. The van der Waals surface area contributed by atoms with Crippen LogP contribution in [0.3, 0.4) is 0 Å². The number of amides is 3. The molecule has 69 heavy (non-hydrogen) atoms. The van der Waals surface area contributed by atoms with Crippen LogP contribution in [0.4, 0.5) is 0 Å². The summed E-state index contributed by atoms with van der Waals surface area (Å²) in [7, 11) is 0. The van der Waals surface area contributed by atoms with E-state index in [4.69, 9.17) is 42.6 Å². The highest BCUT2D eigenvalue weighted by atomic mass is 16.7. The van der Waals surface area contributed by atoms with Gasteiger partial charge in [0.15, 0.2) is 30.4 Å². The average molecular weight is 1000 g/mol. The number of ether oxygens (including phenoxy) is 9. The number of hydrogen-bond donors (Lipinski definition) is 12. The summed E-state index contributed by atoms with van der Waals surface area (Å²) in [6, 6.07) is -3.14. The van der Waals surface area contributed by atoms with Gasteiger partial charge in [-0.1, -0.05) is 6.92 Å². The van der Waals surface area contributed by atoms with Gasteiger partial charge in [0.25, 0.3) is 0 Å². The Bertz CT molecular complexity index is 1500. The lowest BCUT2D eigenvalue weighted by Gasteiger charge is -2.42. The summed E-state index contributed by atoms with van der Waals surface area (Å²) in [5, 5.41) is 98.1. The molecular formula is C45H81N3O21. The summed E-state index contributed by atoms with van der Waals surface area (Å²) in [4.78, 5) is 35.1. The minimum Gasteiger partial charge on any atom is -0.506 e. The van der Waals surface area contributed by atoms with Gasteiger partial charge in [-0.2, -0.15) is 0 Å². The standard InChI is InChI=1S/C45H81N3O21/c1-26(25-62-16-9-6-12-19-65-44-35(47-28(3)53)41(59)38(56)32(23-50)68-44)30(63-17-10-7-13-20-66-45-36(48-29(4)54)42(60)39(57)33(24-51)69-45)14-21-61-15-8-5-11-18-64-43-34(46-27(2)52)40(58)37(55)31(22-49)67-43/h26,30-38,40-41,43-45,49-51,55-60H,5-25H2,1-4H3,(H,46,52)(H,47,53)(H,48,54)/t26?,30?,31?,32?,33?,34?,35?,36?,37-,38-,40?,41?,43+,44+,45+/m0/s1. The first kappa shape index (κ1) is 60.4. The summed E-state index contributed by atoms with van der Waals surface area (Å²) < 4.78 is 52.5. The van der Waals surface area contributed by atoms with Gasteiger partial charge in [0.05, 0.1) is 32.5 Å². The Morgan fingerprint density at radius 2 is 0.986 bits per heavy atom. The number of carbonyl (C=O) groups excluding carboxylic acids is 3. The highest BCUT2D eigenvalue weighted by Gasteiger charge is 2.47. The Balaban J connectivity index is 1.41. The van der Waals surface area contributed by atoms with Crippen molar-refractivity contribution in [2.75, 3.05) is 72.7 Å². The number of carbonyl (C=O) groups is 3. The molecule has 0 spiro atoms. The van der Waals surface area contributed by atoms with E-state index in [1.54, 1.807) is 0 Å². The second-order valence-electron chi connectivity index (χ2n) is 17.6. The third kappa shape index (κ3) is 20.6. The summed E-state index contributed by atoms with van der Waals surface area (Å²) in [6.07, 6.45) is -5.47. The molecule has 3 aliphatic rings. The van der Waals surface area contributed by atoms with Gasteiger partial charge in [-0.3, -0.25) is 14.4 Å². The average Bonchev–Trinajstić information content (AvgIpc) is 3.31. The molecule has 12 N–H and O–H groups in total. The van der Waals surface area contributed by atoms with E-state index in [2.05, 4.69) is 16.0 Å². The molecule has 0 aromatic rings. The summed E-state index contributed by atoms with van der Waals surface area (Å²) in [5.74, 6) is -2.43. The lowest BCUT2D eigenvalue weighted by Crippen LogP contribution is -2.64. The van der Waals surface area contributed by atoms with Crippen LogP contribution in [-0.4, -0.2) is 222 Å². The highest BCUT2D eigenvalue weighted by Crippen LogP contribution is 2.26. The number of rotatable bonds is 34. The molecule has 24 nitrogen and oxygen atoms in total. The van der Waals surface area contributed by atoms with E-state index in [0.717, 1.165) is 25.7 Å². The van der Waals surface area contributed by atoms with E-state index in [0.29, 0.717) is 71.6 Å². The van der Waals surface area contributed by atoms with E-state index in [1.165, 1.54) is 20.8 Å². The molecule has 3 aliphatic heterocycles. The summed E-state index contributed by atoms with van der Waals surface area (Å²) >= 11 is 0.